The first-order chi connectivity index (χ1) is 15.4. The highest BCUT2D eigenvalue weighted by molar-refractivity contribution is 7.92. The van der Waals surface area contributed by atoms with Crippen LogP contribution in [0.1, 0.15) is 26.3 Å². The molecule has 0 aliphatic carbocycles. The second-order valence-corrected chi connectivity index (χ2v) is 10.9. The third-order valence-electron chi connectivity index (χ3n) is 4.94. The molecule has 1 atom stereocenters. The molecule has 0 unspecified atom stereocenters. The van der Waals surface area contributed by atoms with Crippen molar-refractivity contribution in [1.29, 1.82) is 0 Å². The summed E-state index contributed by atoms with van der Waals surface area (Å²) in [6.45, 7) is 5.57. The molecular formula is C23H29Cl2N3O4S. The van der Waals surface area contributed by atoms with Gasteiger partial charge in [0.15, 0.2) is 0 Å². The van der Waals surface area contributed by atoms with Crippen molar-refractivity contribution in [2.45, 2.75) is 33.4 Å². The Labute approximate surface area is 205 Å². The van der Waals surface area contributed by atoms with Crippen molar-refractivity contribution < 1.29 is 18.0 Å². The molecule has 0 fully saturated rings. The number of rotatable bonds is 10. The van der Waals surface area contributed by atoms with Gasteiger partial charge in [0.2, 0.25) is 21.8 Å². The van der Waals surface area contributed by atoms with E-state index in [0.29, 0.717) is 27.8 Å². The van der Waals surface area contributed by atoms with Crippen LogP contribution in [0.5, 0.6) is 0 Å². The molecule has 2 aromatic carbocycles. The normalized spacial score (nSPS) is 12.3. The molecule has 180 valence electrons. The Kier molecular flexibility index (Phi) is 9.57. The summed E-state index contributed by atoms with van der Waals surface area (Å²) in [7, 11) is -3.79. The summed E-state index contributed by atoms with van der Waals surface area (Å²) in [5, 5.41) is 3.71. The Morgan fingerprint density at radius 1 is 1.00 bits per heavy atom. The maximum Gasteiger partial charge on any atom is 0.244 e. The van der Waals surface area contributed by atoms with Gasteiger partial charge >= 0.3 is 0 Å². The van der Waals surface area contributed by atoms with Crippen LogP contribution in [0.25, 0.3) is 0 Å². The van der Waals surface area contributed by atoms with Gasteiger partial charge in [0.05, 0.1) is 11.9 Å². The molecule has 2 aromatic rings. The van der Waals surface area contributed by atoms with Gasteiger partial charge in [-0.3, -0.25) is 13.9 Å². The first kappa shape index (κ1) is 27.0. The largest absolute Gasteiger partial charge is 0.354 e. The summed E-state index contributed by atoms with van der Waals surface area (Å²) in [6.07, 6.45) is 1.02. The zero-order valence-electron chi connectivity index (χ0n) is 19.1. The van der Waals surface area contributed by atoms with Crippen LogP contribution in [0, 0.1) is 5.92 Å². The smallest absolute Gasteiger partial charge is 0.244 e. The first-order valence-corrected chi connectivity index (χ1v) is 13.0. The zero-order valence-corrected chi connectivity index (χ0v) is 21.4. The molecule has 0 saturated carbocycles. The second-order valence-electron chi connectivity index (χ2n) is 8.17. The van der Waals surface area contributed by atoms with Crippen LogP contribution in [-0.2, 0) is 26.2 Å². The van der Waals surface area contributed by atoms with Gasteiger partial charge in [-0.05, 0) is 48.7 Å². The molecule has 33 heavy (non-hydrogen) atoms. The van der Waals surface area contributed by atoms with Gasteiger partial charge in [0.25, 0.3) is 0 Å². The Hall–Kier alpha value is -2.29. The minimum Gasteiger partial charge on any atom is -0.354 e. The van der Waals surface area contributed by atoms with E-state index in [9.17, 15) is 18.0 Å². The van der Waals surface area contributed by atoms with Gasteiger partial charge in [-0.1, -0.05) is 55.2 Å². The highest BCUT2D eigenvalue weighted by Crippen LogP contribution is 2.22. The topological polar surface area (TPSA) is 86.8 Å². The quantitative estimate of drug-likeness (QED) is 0.520. The van der Waals surface area contributed by atoms with E-state index in [1.165, 1.54) is 17.0 Å². The van der Waals surface area contributed by atoms with Crippen molar-refractivity contribution in [2.75, 3.05) is 23.7 Å². The molecule has 0 saturated heterocycles. The fourth-order valence-corrected chi connectivity index (χ4v) is 4.24. The highest BCUT2D eigenvalue weighted by atomic mass is 35.5. The molecule has 0 radical (unpaired) electrons. The Balaban J connectivity index is 2.36. The van der Waals surface area contributed by atoms with Crippen molar-refractivity contribution in [3.63, 3.8) is 0 Å². The number of nitrogens with one attached hydrogen (secondary N) is 1. The molecule has 1 N–H and O–H groups in total. The average Bonchev–Trinajstić information content (AvgIpc) is 2.74. The van der Waals surface area contributed by atoms with E-state index in [1.807, 2.05) is 13.8 Å². The van der Waals surface area contributed by atoms with Crippen LogP contribution in [0.15, 0.2) is 48.5 Å². The molecule has 2 amide bonds. The lowest BCUT2D eigenvalue weighted by Gasteiger charge is -2.31. The molecule has 0 aromatic heterocycles. The number of nitrogens with zero attached hydrogens (tertiary/aromatic N) is 2. The third kappa shape index (κ3) is 7.91. The van der Waals surface area contributed by atoms with Crippen LogP contribution in [0.4, 0.5) is 5.69 Å². The van der Waals surface area contributed by atoms with Gasteiger partial charge in [0.1, 0.15) is 12.6 Å². The standard InChI is InChI=1S/C23H29Cl2N3O4S/c1-16(2)13-26-23(30)17(3)27(14-18-7-5-6-8-21(18)25)22(29)15-28(33(4,31)32)20-11-9-19(24)10-12-20/h5-12,16-17H,13-15H2,1-4H3,(H,26,30)/t17-/m0/s1. The molecule has 0 spiro atoms. The van der Waals surface area contributed by atoms with Crippen LogP contribution in [0.2, 0.25) is 10.0 Å². The van der Waals surface area contributed by atoms with Gasteiger partial charge in [0, 0.05) is 23.1 Å². The van der Waals surface area contributed by atoms with E-state index in [-0.39, 0.29) is 18.4 Å². The fraction of sp³-hybridized carbons (Fsp3) is 0.391. The summed E-state index contributed by atoms with van der Waals surface area (Å²) in [6, 6.07) is 12.3. The lowest BCUT2D eigenvalue weighted by atomic mass is 10.1. The lowest BCUT2D eigenvalue weighted by molar-refractivity contribution is -0.139. The molecule has 2 rings (SSSR count). The van der Waals surface area contributed by atoms with Gasteiger partial charge in [-0.2, -0.15) is 0 Å². The highest BCUT2D eigenvalue weighted by Gasteiger charge is 2.30. The number of hydrogen-bond donors (Lipinski definition) is 1. The van der Waals surface area contributed by atoms with Crippen molar-refractivity contribution in [2.24, 2.45) is 5.92 Å². The Morgan fingerprint density at radius 2 is 1.61 bits per heavy atom. The number of carbonyl (C=O) groups excluding carboxylic acids is 2. The van der Waals surface area contributed by atoms with Crippen LogP contribution >= 0.6 is 23.2 Å². The summed E-state index contributed by atoms with van der Waals surface area (Å²) in [5.74, 6) is -0.636. The zero-order chi connectivity index (χ0) is 24.8. The van der Waals surface area contributed by atoms with Crippen molar-refractivity contribution >= 4 is 50.7 Å². The number of amides is 2. The van der Waals surface area contributed by atoms with E-state index in [1.54, 1.807) is 43.3 Å². The average molecular weight is 514 g/mol. The predicted molar refractivity (Wildman–Crippen MR) is 133 cm³/mol. The fourth-order valence-electron chi connectivity index (χ4n) is 3.07. The number of anilines is 1. The first-order valence-electron chi connectivity index (χ1n) is 10.4. The maximum atomic E-state index is 13.4. The molecule has 10 heteroatoms. The molecule has 0 bridgehead atoms. The number of halogens is 2. The molecule has 0 heterocycles. The monoisotopic (exact) mass is 513 g/mol. The van der Waals surface area contributed by atoms with Crippen LogP contribution < -0.4 is 9.62 Å². The van der Waals surface area contributed by atoms with Gasteiger partial charge in [-0.15, -0.1) is 0 Å². The number of sulfonamides is 1. The van der Waals surface area contributed by atoms with E-state index < -0.39 is 28.5 Å². The minimum atomic E-state index is -3.79. The van der Waals surface area contributed by atoms with E-state index in [0.717, 1.165) is 10.6 Å². The van der Waals surface area contributed by atoms with Crippen molar-refractivity contribution in [1.82, 2.24) is 10.2 Å². The minimum absolute atomic E-state index is 0.0486. The van der Waals surface area contributed by atoms with Crippen molar-refractivity contribution in [3.8, 4) is 0 Å². The number of benzene rings is 2. The van der Waals surface area contributed by atoms with E-state index in [4.69, 9.17) is 23.2 Å². The Bertz CT molecular complexity index is 1080. The summed E-state index contributed by atoms with van der Waals surface area (Å²) in [5.41, 5.74) is 0.943. The summed E-state index contributed by atoms with van der Waals surface area (Å²) < 4.78 is 26.0. The van der Waals surface area contributed by atoms with Crippen LogP contribution in [-0.4, -0.2) is 50.5 Å². The summed E-state index contributed by atoms with van der Waals surface area (Å²) in [4.78, 5) is 27.5. The Morgan fingerprint density at radius 3 is 2.15 bits per heavy atom. The number of hydrogen-bond acceptors (Lipinski definition) is 4. The maximum absolute atomic E-state index is 13.4. The molecular weight excluding hydrogens is 485 g/mol. The van der Waals surface area contributed by atoms with Gasteiger partial charge in [-0.25, -0.2) is 8.42 Å². The number of carbonyl (C=O) groups is 2. The van der Waals surface area contributed by atoms with Crippen molar-refractivity contribution in [3.05, 3.63) is 64.1 Å². The molecule has 0 aliphatic heterocycles. The van der Waals surface area contributed by atoms with Crippen LogP contribution in [0.3, 0.4) is 0 Å². The third-order valence-corrected chi connectivity index (χ3v) is 6.71. The molecule has 7 nitrogen and oxygen atoms in total. The SMILES string of the molecule is CC(C)CNC(=O)[C@H](C)N(Cc1ccccc1Cl)C(=O)CN(c1ccc(Cl)cc1)S(C)(=O)=O. The predicted octanol–water partition coefficient (Wildman–Crippen LogP) is 3.95. The lowest BCUT2D eigenvalue weighted by Crippen LogP contribution is -2.51. The van der Waals surface area contributed by atoms with E-state index >= 15 is 0 Å². The summed E-state index contributed by atoms with van der Waals surface area (Å²) >= 11 is 12.2. The second kappa shape index (κ2) is 11.7. The molecule has 0 aliphatic rings. The van der Waals surface area contributed by atoms with E-state index in [2.05, 4.69) is 5.32 Å². The van der Waals surface area contributed by atoms with Gasteiger partial charge < -0.3 is 10.2 Å².